The Kier molecular flexibility index (Phi) is 8.40. The predicted octanol–water partition coefficient (Wildman–Crippen LogP) is 4.21. The average Bonchev–Trinajstić information content (AvgIpc) is 2.69. The Morgan fingerprint density at radius 2 is 1.77 bits per heavy atom. The molecule has 0 saturated heterocycles. The van der Waals surface area contributed by atoms with Crippen molar-refractivity contribution in [2.75, 3.05) is 16.9 Å². The monoisotopic (exact) mass is 467 g/mol. The third-order valence-corrected chi connectivity index (χ3v) is 4.56. The van der Waals surface area contributed by atoms with Gasteiger partial charge in [-0.3, -0.25) is 0 Å². The zero-order chi connectivity index (χ0) is 18.8. The molecule has 6 heteroatoms. The minimum absolute atomic E-state index is 0.198. The molecule has 2 aromatic rings. The first-order valence-corrected chi connectivity index (χ1v) is 9.88. The standard InChI is InChI=1S/C20H22INO4/c1-25-20(24)18(12-7-13-21)22-17-11-6-5-10-16(17)19(23)26-14-15-8-3-2-4-9-15/h2-6,8-11,18,22H,7,12-14H2,1H3/t18-/m0/s1. The Labute approximate surface area is 167 Å². The number of rotatable bonds is 9. The Bertz CT molecular complexity index is 721. The summed E-state index contributed by atoms with van der Waals surface area (Å²) in [5.74, 6) is -0.781. The molecule has 0 aliphatic heterocycles. The number of para-hydroxylation sites is 1. The highest BCUT2D eigenvalue weighted by Gasteiger charge is 2.21. The number of methoxy groups -OCH3 is 1. The summed E-state index contributed by atoms with van der Waals surface area (Å²) in [6, 6.07) is 16.0. The van der Waals surface area contributed by atoms with Gasteiger partial charge in [0.15, 0.2) is 0 Å². The SMILES string of the molecule is COC(=O)[C@H](CCCI)Nc1ccccc1C(=O)OCc1ccccc1. The van der Waals surface area contributed by atoms with E-state index >= 15 is 0 Å². The van der Waals surface area contributed by atoms with Gasteiger partial charge in [0, 0.05) is 5.69 Å². The van der Waals surface area contributed by atoms with Crippen molar-refractivity contribution in [3.8, 4) is 0 Å². The van der Waals surface area contributed by atoms with Crippen molar-refractivity contribution in [2.24, 2.45) is 0 Å². The highest BCUT2D eigenvalue weighted by molar-refractivity contribution is 14.1. The quantitative estimate of drug-likeness (QED) is 0.340. The van der Waals surface area contributed by atoms with Crippen molar-refractivity contribution in [1.29, 1.82) is 0 Å². The van der Waals surface area contributed by atoms with E-state index in [4.69, 9.17) is 9.47 Å². The maximum atomic E-state index is 12.5. The number of carbonyl (C=O) groups excluding carboxylic acids is 2. The van der Waals surface area contributed by atoms with Crippen LogP contribution in [0.1, 0.15) is 28.8 Å². The number of benzene rings is 2. The molecule has 1 N–H and O–H groups in total. The summed E-state index contributed by atoms with van der Waals surface area (Å²) in [5.41, 5.74) is 1.88. The Hall–Kier alpha value is -2.09. The number of nitrogens with one attached hydrogen (secondary N) is 1. The molecule has 0 bridgehead atoms. The first kappa shape index (κ1) is 20.2. The number of halogens is 1. The summed E-state index contributed by atoms with van der Waals surface area (Å²) >= 11 is 2.27. The van der Waals surface area contributed by atoms with Crippen molar-refractivity contribution >= 4 is 40.2 Å². The number of hydrogen-bond acceptors (Lipinski definition) is 5. The lowest BCUT2D eigenvalue weighted by Gasteiger charge is -2.19. The van der Waals surface area contributed by atoms with Crippen LogP contribution in [0, 0.1) is 0 Å². The number of ether oxygens (including phenoxy) is 2. The van der Waals surface area contributed by atoms with Gasteiger partial charge in [0.1, 0.15) is 12.6 Å². The second kappa shape index (κ2) is 10.8. The zero-order valence-electron chi connectivity index (χ0n) is 14.6. The minimum atomic E-state index is -0.502. The van der Waals surface area contributed by atoms with E-state index in [1.165, 1.54) is 7.11 Å². The van der Waals surface area contributed by atoms with E-state index in [0.29, 0.717) is 17.7 Å². The average molecular weight is 467 g/mol. The van der Waals surface area contributed by atoms with Gasteiger partial charge in [0.2, 0.25) is 0 Å². The summed E-state index contributed by atoms with van der Waals surface area (Å²) in [5, 5.41) is 3.13. The highest BCUT2D eigenvalue weighted by atomic mass is 127. The number of hydrogen-bond donors (Lipinski definition) is 1. The molecule has 1 atom stereocenters. The molecular formula is C20H22INO4. The molecular weight excluding hydrogens is 445 g/mol. The molecule has 26 heavy (non-hydrogen) atoms. The topological polar surface area (TPSA) is 64.6 Å². The fourth-order valence-corrected chi connectivity index (χ4v) is 2.89. The van der Waals surface area contributed by atoms with Crippen molar-refractivity contribution in [3.63, 3.8) is 0 Å². The van der Waals surface area contributed by atoms with Gasteiger partial charge in [-0.2, -0.15) is 0 Å². The summed E-state index contributed by atoms with van der Waals surface area (Å²) in [6.45, 7) is 0.198. The first-order chi connectivity index (χ1) is 12.7. The number of esters is 2. The van der Waals surface area contributed by atoms with Crippen LogP contribution in [-0.2, 0) is 20.9 Å². The van der Waals surface area contributed by atoms with Crippen molar-refractivity contribution in [2.45, 2.75) is 25.5 Å². The van der Waals surface area contributed by atoms with E-state index < -0.39 is 12.0 Å². The van der Waals surface area contributed by atoms with Crippen LogP contribution >= 0.6 is 22.6 Å². The van der Waals surface area contributed by atoms with E-state index in [0.717, 1.165) is 16.4 Å². The Morgan fingerprint density at radius 1 is 1.08 bits per heavy atom. The van der Waals surface area contributed by atoms with Gasteiger partial charge in [-0.15, -0.1) is 0 Å². The lowest BCUT2D eigenvalue weighted by molar-refractivity contribution is -0.141. The molecule has 0 amide bonds. The molecule has 0 radical (unpaired) electrons. The number of carbonyl (C=O) groups is 2. The van der Waals surface area contributed by atoms with E-state index in [9.17, 15) is 9.59 Å². The normalized spacial score (nSPS) is 11.5. The van der Waals surface area contributed by atoms with Gasteiger partial charge in [0.25, 0.3) is 0 Å². The lowest BCUT2D eigenvalue weighted by Crippen LogP contribution is -2.31. The first-order valence-electron chi connectivity index (χ1n) is 8.36. The fraction of sp³-hybridized carbons (Fsp3) is 0.300. The van der Waals surface area contributed by atoms with Crippen molar-refractivity contribution in [1.82, 2.24) is 0 Å². The van der Waals surface area contributed by atoms with Crippen LogP contribution in [0.25, 0.3) is 0 Å². The van der Waals surface area contributed by atoms with Crippen molar-refractivity contribution < 1.29 is 19.1 Å². The van der Waals surface area contributed by atoms with Crippen LogP contribution in [-0.4, -0.2) is 29.5 Å². The molecule has 0 aromatic heterocycles. The van der Waals surface area contributed by atoms with Gasteiger partial charge < -0.3 is 14.8 Å². The van der Waals surface area contributed by atoms with E-state index in [-0.39, 0.29) is 12.6 Å². The Balaban J connectivity index is 2.09. The van der Waals surface area contributed by atoms with Gasteiger partial charge in [-0.05, 0) is 35.0 Å². The molecule has 0 unspecified atom stereocenters. The van der Waals surface area contributed by atoms with Crippen LogP contribution in [0.4, 0.5) is 5.69 Å². The van der Waals surface area contributed by atoms with Crippen LogP contribution < -0.4 is 5.32 Å². The maximum Gasteiger partial charge on any atom is 0.340 e. The molecule has 5 nitrogen and oxygen atoms in total. The highest BCUT2D eigenvalue weighted by Crippen LogP contribution is 2.20. The third kappa shape index (κ3) is 6.01. The summed E-state index contributed by atoms with van der Waals surface area (Å²) in [4.78, 5) is 24.5. The molecule has 2 aromatic carbocycles. The van der Waals surface area contributed by atoms with Crippen LogP contribution in [0.5, 0.6) is 0 Å². The molecule has 138 valence electrons. The molecule has 0 aliphatic carbocycles. The van der Waals surface area contributed by atoms with Crippen LogP contribution in [0.3, 0.4) is 0 Å². The molecule has 0 heterocycles. The third-order valence-electron chi connectivity index (χ3n) is 3.80. The Morgan fingerprint density at radius 3 is 2.46 bits per heavy atom. The second-order valence-corrected chi connectivity index (χ2v) is 6.74. The predicted molar refractivity (Wildman–Crippen MR) is 110 cm³/mol. The fourth-order valence-electron chi connectivity index (χ4n) is 2.45. The van der Waals surface area contributed by atoms with Crippen molar-refractivity contribution in [3.05, 3.63) is 65.7 Å². The molecule has 0 fully saturated rings. The van der Waals surface area contributed by atoms with E-state index in [2.05, 4.69) is 27.9 Å². The largest absolute Gasteiger partial charge is 0.467 e. The van der Waals surface area contributed by atoms with Crippen LogP contribution in [0.2, 0.25) is 0 Å². The lowest BCUT2D eigenvalue weighted by atomic mass is 10.1. The summed E-state index contributed by atoms with van der Waals surface area (Å²) in [6.07, 6.45) is 1.50. The smallest absolute Gasteiger partial charge is 0.340 e. The summed E-state index contributed by atoms with van der Waals surface area (Å²) < 4.78 is 11.2. The number of anilines is 1. The van der Waals surface area contributed by atoms with Gasteiger partial charge in [-0.1, -0.05) is 65.1 Å². The second-order valence-electron chi connectivity index (χ2n) is 5.66. The van der Waals surface area contributed by atoms with E-state index in [1.807, 2.05) is 36.4 Å². The molecule has 2 rings (SSSR count). The minimum Gasteiger partial charge on any atom is -0.467 e. The molecule has 0 spiro atoms. The number of alkyl halides is 1. The van der Waals surface area contributed by atoms with Gasteiger partial charge in [-0.25, -0.2) is 9.59 Å². The van der Waals surface area contributed by atoms with E-state index in [1.54, 1.807) is 18.2 Å². The molecule has 0 saturated carbocycles. The molecule has 0 aliphatic rings. The van der Waals surface area contributed by atoms with Crippen LogP contribution in [0.15, 0.2) is 54.6 Å². The maximum absolute atomic E-state index is 12.5. The van der Waals surface area contributed by atoms with Gasteiger partial charge in [0.05, 0.1) is 12.7 Å². The van der Waals surface area contributed by atoms with Gasteiger partial charge >= 0.3 is 11.9 Å². The summed E-state index contributed by atoms with van der Waals surface area (Å²) in [7, 11) is 1.36. The zero-order valence-corrected chi connectivity index (χ0v) is 16.8.